The third kappa shape index (κ3) is 3.59. The standard InChI is InChI=1S/C11H20O3S/c1-2-6-10(11(12)13)15(14)9-7-4-3-5-8-9/h9-10H,2-8H2,1H3,(H,12,13). The summed E-state index contributed by atoms with van der Waals surface area (Å²) in [6, 6.07) is 0. The molecule has 0 aliphatic heterocycles. The Bertz CT molecular complexity index is 234. The van der Waals surface area contributed by atoms with Crippen molar-refractivity contribution in [3.63, 3.8) is 0 Å². The van der Waals surface area contributed by atoms with Crippen molar-refractivity contribution in [2.75, 3.05) is 0 Å². The summed E-state index contributed by atoms with van der Waals surface area (Å²) < 4.78 is 12.1. The predicted molar refractivity (Wildman–Crippen MR) is 61.3 cm³/mol. The van der Waals surface area contributed by atoms with Crippen molar-refractivity contribution >= 4 is 16.8 Å². The predicted octanol–water partition coefficient (Wildman–Crippen LogP) is 2.32. The Hall–Kier alpha value is -0.380. The molecule has 1 rings (SSSR count). The van der Waals surface area contributed by atoms with Gasteiger partial charge in [-0.05, 0) is 19.3 Å². The van der Waals surface area contributed by atoms with E-state index in [0.29, 0.717) is 6.42 Å². The highest BCUT2D eigenvalue weighted by molar-refractivity contribution is 7.87. The smallest absolute Gasteiger partial charge is 0.319 e. The van der Waals surface area contributed by atoms with Crippen molar-refractivity contribution in [2.45, 2.75) is 62.4 Å². The number of carboxylic acid groups (broad SMARTS) is 1. The molecule has 15 heavy (non-hydrogen) atoms. The second-order valence-electron chi connectivity index (χ2n) is 4.20. The molecule has 1 aliphatic carbocycles. The molecule has 0 heterocycles. The first-order valence-electron chi connectivity index (χ1n) is 5.79. The second kappa shape index (κ2) is 6.26. The van der Waals surface area contributed by atoms with Gasteiger partial charge in [0.2, 0.25) is 0 Å². The van der Waals surface area contributed by atoms with E-state index in [4.69, 9.17) is 5.11 Å². The zero-order valence-electron chi connectivity index (χ0n) is 9.28. The minimum Gasteiger partial charge on any atom is -0.480 e. The monoisotopic (exact) mass is 232 g/mol. The minimum atomic E-state index is -1.17. The Balaban J connectivity index is 2.57. The van der Waals surface area contributed by atoms with Gasteiger partial charge in [0.1, 0.15) is 5.25 Å². The number of hydrogen-bond acceptors (Lipinski definition) is 2. The van der Waals surface area contributed by atoms with Crippen LogP contribution in [0.2, 0.25) is 0 Å². The van der Waals surface area contributed by atoms with E-state index in [-0.39, 0.29) is 5.25 Å². The molecule has 0 amide bonds. The lowest BCUT2D eigenvalue weighted by Crippen LogP contribution is -2.33. The zero-order chi connectivity index (χ0) is 11.3. The zero-order valence-corrected chi connectivity index (χ0v) is 10.1. The number of carboxylic acids is 1. The van der Waals surface area contributed by atoms with E-state index < -0.39 is 22.0 Å². The van der Waals surface area contributed by atoms with E-state index in [9.17, 15) is 9.00 Å². The van der Waals surface area contributed by atoms with Gasteiger partial charge in [-0.25, -0.2) is 0 Å². The van der Waals surface area contributed by atoms with E-state index in [1.165, 1.54) is 6.42 Å². The second-order valence-corrected chi connectivity index (χ2v) is 6.10. The summed E-state index contributed by atoms with van der Waals surface area (Å²) in [6.45, 7) is 1.94. The van der Waals surface area contributed by atoms with Crippen LogP contribution in [-0.4, -0.2) is 25.8 Å². The summed E-state index contributed by atoms with van der Waals surface area (Å²) in [7, 11) is -1.17. The topological polar surface area (TPSA) is 54.4 Å². The van der Waals surface area contributed by atoms with Crippen LogP contribution in [0.3, 0.4) is 0 Å². The van der Waals surface area contributed by atoms with Crippen molar-refractivity contribution in [3.05, 3.63) is 0 Å². The number of aliphatic carboxylic acids is 1. The highest BCUT2D eigenvalue weighted by Crippen LogP contribution is 2.25. The van der Waals surface area contributed by atoms with E-state index in [1.807, 2.05) is 6.92 Å². The third-order valence-electron chi connectivity index (χ3n) is 2.99. The van der Waals surface area contributed by atoms with Gasteiger partial charge in [0.15, 0.2) is 0 Å². The Morgan fingerprint density at radius 1 is 1.40 bits per heavy atom. The van der Waals surface area contributed by atoms with E-state index >= 15 is 0 Å². The average molecular weight is 232 g/mol. The SMILES string of the molecule is CCCC(C(=O)O)S(=O)C1CCCCC1. The summed E-state index contributed by atoms with van der Waals surface area (Å²) in [5.41, 5.74) is 0. The maximum atomic E-state index is 12.1. The summed E-state index contributed by atoms with van der Waals surface area (Å²) in [6.07, 6.45) is 6.64. The van der Waals surface area contributed by atoms with Crippen LogP contribution in [-0.2, 0) is 15.6 Å². The molecular weight excluding hydrogens is 212 g/mol. The van der Waals surface area contributed by atoms with Crippen molar-refractivity contribution in [1.29, 1.82) is 0 Å². The quantitative estimate of drug-likeness (QED) is 0.791. The fraction of sp³-hybridized carbons (Fsp3) is 0.909. The molecule has 0 bridgehead atoms. The molecule has 0 saturated heterocycles. The maximum Gasteiger partial charge on any atom is 0.319 e. The summed E-state index contributed by atoms with van der Waals surface area (Å²) in [5.74, 6) is -0.888. The van der Waals surface area contributed by atoms with Gasteiger partial charge in [0.05, 0.1) is 0 Å². The van der Waals surface area contributed by atoms with Crippen LogP contribution in [0.5, 0.6) is 0 Å². The Labute approximate surface area is 93.7 Å². The van der Waals surface area contributed by atoms with Crippen LogP contribution in [0.4, 0.5) is 0 Å². The highest BCUT2D eigenvalue weighted by atomic mass is 32.2. The van der Waals surface area contributed by atoms with Crippen LogP contribution < -0.4 is 0 Å². The molecule has 1 aliphatic rings. The van der Waals surface area contributed by atoms with Crippen molar-refractivity contribution in [1.82, 2.24) is 0 Å². The minimum absolute atomic E-state index is 0.131. The fourth-order valence-electron chi connectivity index (χ4n) is 2.13. The van der Waals surface area contributed by atoms with Crippen LogP contribution in [0.15, 0.2) is 0 Å². The lowest BCUT2D eigenvalue weighted by atomic mass is 10.0. The first-order chi connectivity index (χ1) is 7.16. The lowest BCUT2D eigenvalue weighted by molar-refractivity contribution is -0.136. The normalized spacial score (nSPS) is 22.2. The maximum absolute atomic E-state index is 12.1. The van der Waals surface area contributed by atoms with E-state index in [0.717, 1.165) is 32.1 Å². The molecule has 1 N–H and O–H groups in total. The van der Waals surface area contributed by atoms with Crippen LogP contribution in [0.1, 0.15) is 51.9 Å². The molecule has 88 valence electrons. The van der Waals surface area contributed by atoms with Gasteiger partial charge >= 0.3 is 5.97 Å². The Morgan fingerprint density at radius 3 is 2.47 bits per heavy atom. The summed E-state index contributed by atoms with van der Waals surface area (Å²) in [5, 5.41) is 8.50. The summed E-state index contributed by atoms with van der Waals surface area (Å²) >= 11 is 0. The van der Waals surface area contributed by atoms with Gasteiger partial charge in [-0.3, -0.25) is 9.00 Å². The molecule has 0 spiro atoms. The molecule has 2 unspecified atom stereocenters. The highest BCUT2D eigenvalue weighted by Gasteiger charge is 2.30. The van der Waals surface area contributed by atoms with E-state index in [1.54, 1.807) is 0 Å². The molecule has 0 radical (unpaired) electrons. The average Bonchev–Trinajstić information content (AvgIpc) is 2.26. The van der Waals surface area contributed by atoms with E-state index in [2.05, 4.69) is 0 Å². The van der Waals surface area contributed by atoms with Gasteiger partial charge < -0.3 is 5.11 Å². The van der Waals surface area contributed by atoms with Crippen LogP contribution >= 0.6 is 0 Å². The molecule has 4 heteroatoms. The fourth-order valence-corrected chi connectivity index (χ4v) is 4.06. The molecule has 0 aromatic heterocycles. The number of rotatable bonds is 5. The molecule has 1 fully saturated rings. The lowest BCUT2D eigenvalue weighted by Gasteiger charge is -2.24. The van der Waals surface area contributed by atoms with Gasteiger partial charge in [0.25, 0.3) is 0 Å². The van der Waals surface area contributed by atoms with Gasteiger partial charge in [-0.15, -0.1) is 0 Å². The van der Waals surface area contributed by atoms with Crippen molar-refractivity contribution in [3.8, 4) is 0 Å². The Morgan fingerprint density at radius 2 is 2.00 bits per heavy atom. The first kappa shape index (κ1) is 12.7. The van der Waals surface area contributed by atoms with Gasteiger partial charge in [-0.1, -0.05) is 32.6 Å². The molecule has 0 aromatic rings. The largest absolute Gasteiger partial charge is 0.480 e. The van der Waals surface area contributed by atoms with Crippen LogP contribution in [0.25, 0.3) is 0 Å². The first-order valence-corrected chi connectivity index (χ1v) is 7.06. The van der Waals surface area contributed by atoms with Crippen molar-refractivity contribution < 1.29 is 14.1 Å². The molecule has 2 atom stereocenters. The molecule has 3 nitrogen and oxygen atoms in total. The molecular formula is C11H20O3S. The third-order valence-corrected chi connectivity index (χ3v) is 5.11. The molecule has 1 saturated carbocycles. The van der Waals surface area contributed by atoms with Crippen LogP contribution in [0, 0.1) is 0 Å². The Kier molecular flexibility index (Phi) is 5.29. The number of carbonyl (C=O) groups is 1. The molecule has 0 aromatic carbocycles. The van der Waals surface area contributed by atoms with Gasteiger partial charge in [-0.2, -0.15) is 0 Å². The van der Waals surface area contributed by atoms with Gasteiger partial charge in [0, 0.05) is 16.0 Å². The number of hydrogen-bond donors (Lipinski definition) is 1. The summed E-state index contributed by atoms with van der Waals surface area (Å²) in [4.78, 5) is 11.0. The van der Waals surface area contributed by atoms with Crippen molar-refractivity contribution in [2.24, 2.45) is 0 Å².